The number of phenols is 1. The van der Waals surface area contributed by atoms with E-state index in [4.69, 9.17) is 0 Å². The number of rotatable bonds is 1. The van der Waals surface area contributed by atoms with Crippen LogP contribution in [0.15, 0.2) is 17.7 Å². The minimum Gasteiger partial charge on any atom is -0.507 e. The highest BCUT2D eigenvalue weighted by molar-refractivity contribution is 6.03. The number of allylic oxidation sites excluding steroid dienone is 2. The molecule has 0 aliphatic heterocycles. The van der Waals surface area contributed by atoms with Gasteiger partial charge < -0.3 is 5.11 Å². The fourth-order valence-corrected chi connectivity index (χ4v) is 4.10. The van der Waals surface area contributed by atoms with E-state index in [0.717, 1.165) is 27.8 Å². The van der Waals surface area contributed by atoms with Crippen molar-refractivity contribution in [3.05, 3.63) is 40.0 Å². The molecule has 26 heavy (non-hydrogen) atoms. The summed E-state index contributed by atoms with van der Waals surface area (Å²) in [6.07, 6.45) is 2.15. The quantitative estimate of drug-likeness (QED) is 0.649. The summed E-state index contributed by atoms with van der Waals surface area (Å²) >= 11 is 0. The van der Waals surface area contributed by atoms with Gasteiger partial charge in [0.05, 0.1) is 5.92 Å². The molecule has 2 nitrogen and oxygen atoms in total. The van der Waals surface area contributed by atoms with Crippen LogP contribution < -0.4 is 0 Å². The number of carbonyl (C=O) groups excluding carboxylic acids is 1. The molecule has 0 saturated carbocycles. The number of Topliss-reactive ketones (excluding diaryl/α,β-unsaturated/α-hetero) is 1. The lowest BCUT2D eigenvalue weighted by atomic mass is 9.64. The van der Waals surface area contributed by atoms with Crippen LogP contribution >= 0.6 is 0 Å². The van der Waals surface area contributed by atoms with Gasteiger partial charge in [-0.25, -0.2) is 0 Å². The van der Waals surface area contributed by atoms with Crippen molar-refractivity contribution in [3.63, 3.8) is 0 Å². The van der Waals surface area contributed by atoms with Gasteiger partial charge in [-0.15, -0.1) is 0 Å². The molecular formula is C24H36O2. The molecule has 0 bridgehead atoms. The molecule has 0 fully saturated rings. The molecule has 3 unspecified atom stereocenters. The molecule has 0 saturated heterocycles. The Hall–Kier alpha value is -1.57. The maximum Gasteiger partial charge on any atom is 0.166 e. The van der Waals surface area contributed by atoms with Crippen LogP contribution in [-0.4, -0.2) is 10.9 Å². The van der Waals surface area contributed by atoms with Gasteiger partial charge in [0.2, 0.25) is 0 Å². The lowest BCUT2D eigenvalue weighted by molar-refractivity contribution is -0.120. The topological polar surface area (TPSA) is 37.3 Å². The van der Waals surface area contributed by atoms with Crippen LogP contribution in [0.1, 0.15) is 83.6 Å². The Labute approximate surface area is 159 Å². The fraction of sp³-hybridized carbons (Fsp3) is 0.625. The smallest absolute Gasteiger partial charge is 0.166 e. The van der Waals surface area contributed by atoms with Gasteiger partial charge in [-0.1, -0.05) is 67.5 Å². The van der Waals surface area contributed by atoms with Crippen LogP contribution in [0.2, 0.25) is 0 Å². The number of hydrogen-bond acceptors (Lipinski definition) is 2. The highest BCUT2D eigenvalue weighted by Gasteiger charge is 2.42. The molecule has 0 spiro atoms. The number of phenolic OH excluding ortho intramolecular Hbond substituents is 1. The maximum atomic E-state index is 13.5. The molecule has 0 amide bonds. The molecule has 1 aliphatic carbocycles. The molecular weight excluding hydrogens is 320 g/mol. The molecule has 0 aromatic heterocycles. The Morgan fingerprint density at radius 2 is 1.50 bits per heavy atom. The third-order valence-electron chi connectivity index (χ3n) is 6.13. The minimum atomic E-state index is -0.287. The van der Waals surface area contributed by atoms with Gasteiger partial charge in [0.15, 0.2) is 5.78 Å². The standard InChI is InChI=1S/C24H36O2/c1-13-11-17(23(5,6)7)21(25)19(15(13)3)20-16(4)14(2)12-18(22(20)26)24(8,9)10/h11-13,15,19,26H,1-10H3. The van der Waals surface area contributed by atoms with Crippen molar-refractivity contribution in [1.82, 2.24) is 0 Å². The number of carbonyl (C=O) groups is 1. The molecule has 1 aromatic carbocycles. The summed E-state index contributed by atoms with van der Waals surface area (Å²) in [5.41, 5.74) is 4.48. The average Bonchev–Trinajstić information content (AvgIpc) is 2.47. The van der Waals surface area contributed by atoms with Crippen LogP contribution in [0.3, 0.4) is 0 Å². The third kappa shape index (κ3) is 3.48. The molecule has 2 rings (SSSR count). The van der Waals surface area contributed by atoms with Crippen LogP contribution in [0.4, 0.5) is 0 Å². The van der Waals surface area contributed by atoms with Gasteiger partial charge in [0, 0.05) is 5.56 Å². The van der Waals surface area contributed by atoms with Crippen molar-refractivity contribution >= 4 is 5.78 Å². The summed E-state index contributed by atoms with van der Waals surface area (Å²) in [7, 11) is 0. The lowest BCUT2D eigenvalue weighted by Crippen LogP contribution is -2.35. The molecule has 0 heterocycles. The van der Waals surface area contributed by atoms with Crippen LogP contribution in [-0.2, 0) is 10.2 Å². The summed E-state index contributed by atoms with van der Waals surface area (Å²) in [5, 5.41) is 11.2. The van der Waals surface area contributed by atoms with Gasteiger partial charge in [-0.2, -0.15) is 0 Å². The zero-order valence-corrected chi connectivity index (χ0v) is 18.2. The molecule has 1 N–H and O–H groups in total. The summed E-state index contributed by atoms with van der Waals surface area (Å²) in [5.74, 6) is 0.655. The first kappa shape index (κ1) is 20.7. The molecule has 1 aromatic rings. The van der Waals surface area contributed by atoms with Gasteiger partial charge in [-0.3, -0.25) is 4.79 Å². The van der Waals surface area contributed by atoms with Crippen LogP contribution in [0.25, 0.3) is 0 Å². The van der Waals surface area contributed by atoms with E-state index in [2.05, 4.69) is 74.5 Å². The van der Waals surface area contributed by atoms with Crippen LogP contribution in [0, 0.1) is 31.1 Å². The van der Waals surface area contributed by atoms with E-state index in [-0.39, 0.29) is 28.4 Å². The zero-order chi connectivity index (χ0) is 20.2. The van der Waals surface area contributed by atoms with Crippen molar-refractivity contribution < 1.29 is 9.90 Å². The molecule has 0 radical (unpaired) electrons. The number of hydrogen-bond donors (Lipinski definition) is 1. The number of aryl methyl sites for hydroxylation is 1. The van der Waals surface area contributed by atoms with E-state index >= 15 is 0 Å². The van der Waals surface area contributed by atoms with Crippen molar-refractivity contribution in [1.29, 1.82) is 0 Å². The second-order valence-corrected chi connectivity index (χ2v) is 10.3. The van der Waals surface area contributed by atoms with Crippen LogP contribution in [0.5, 0.6) is 5.75 Å². The molecule has 1 aliphatic rings. The largest absolute Gasteiger partial charge is 0.507 e. The Bertz CT molecular complexity index is 754. The summed E-state index contributed by atoms with van der Waals surface area (Å²) in [4.78, 5) is 13.5. The first-order valence-electron chi connectivity index (χ1n) is 9.78. The zero-order valence-electron chi connectivity index (χ0n) is 18.2. The Morgan fingerprint density at radius 1 is 0.962 bits per heavy atom. The summed E-state index contributed by atoms with van der Waals surface area (Å²) in [6.45, 7) is 21.1. The lowest BCUT2D eigenvalue weighted by Gasteiger charge is -2.38. The number of benzene rings is 1. The SMILES string of the molecule is Cc1cc(C(C)(C)C)c(O)c(C2C(=O)C(C(C)(C)C)=CC(C)C2C)c1C. The van der Waals surface area contributed by atoms with E-state index < -0.39 is 0 Å². The van der Waals surface area contributed by atoms with E-state index in [9.17, 15) is 9.90 Å². The normalized spacial score (nSPS) is 24.6. The van der Waals surface area contributed by atoms with E-state index in [1.54, 1.807) is 0 Å². The van der Waals surface area contributed by atoms with E-state index in [1.165, 1.54) is 0 Å². The second kappa shape index (κ2) is 6.55. The van der Waals surface area contributed by atoms with Gasteiger partial charge in [0.1, 0.15) is 5.75 Å². The summed E-state index contributed by atoms with van der Waals surface area (Å²) < 4.78 is 0. The maximum absolute atomic E-state index is 13.5. The number of ketones is 1. The van der Waals surface area contributed by atoms with Gasteiger partial charge in [-0.05, 0) is 58.8 Å². The Kier molecular flexibility index (Phi) is 5.22. The Morgan fingerprint density at radius 3 is 1.96 bits per heavy atom. The molecule has 144 valence electrons. The first-order valence-corrected chi connectivity index (χ1v) is 9.78. The van der Waals surface area contributed by atoms with Crippen molar-refractivity contribution in [3.8, 4) is 5.75 Å². The average molecular weight is 357 g/mol. The molecule has 3 atom stereocenters. The van der Waals surface area contributed by atoms with Crippen molar-refractivity contribution in [2.24, 2.45) is 17.3 Å². The predicted molar refractivity (Wildman–Crippen MR) is 110 cm³/mol. The van der Waals surface area contributed by atoms with Gasteiger partial charge >= 0.3 is 0 Å². The predicted octanol–water partition coefficient (Wildman–Crippen LogP) is 6.22. The van der Waals surface area contributed by atoms with Crippen molar-refractivity contribution in [2.45, 2.75) is 80.6 Å². The van der Waals surface area contributed by atoms with Crippen molar-refractivity contribution in [2.75, 3.05) is 0 Å². The van der Waals surface area contributed by atoms with E-state index in [0.29, 0.717) is 11.7 Å². The Balaban J connectivity index is 2.77. The van der Waals surface area contributed by atoms with Gasteiger partial charge in [0.25, 0.3) is 0 Å². The summed E-state index contributed by atoms with van der Waals surface area (Å²) in [6, 6.07) is 2.08. The van der Waals surface area contributed by atoms with E-state index in [1.807, 2.05) is 6.92 Å². The third-order valence-corrected chi connectivity index (χ3v) is 6.13. The highest BCUT2D eigenvalue weighted by atomic mass is 16.3. The number of aromatic hydroxyl groups is 1. The highest BCUT2D eigenvalue weighted by Crippen LogP contribution is 2.48. The fourth-order valence-electron chi connectivity index (χ4n) is 4.10. The monoisotopic (exact) mass is 356 g/mol. The first-order chi connectivity index (χ1) is 11.7. The minimum absolute atomic E-state index is 0.160. The molecule has 2 heteroatoms. The second-order valence-electron chi connectivity index (χ2n) is 10.3.